The number of amides is 1. The molecule has 1 aromatic carbocycles. The number of halogens is 2. The van der Waals surface area contributed by atoms with Crippen LogP contribution in [-0.4, -0.2) is 49.0 Å². The number of carbonyl (C=O) groups excluding carboxylic acids is 1. The number of benzene rings is 1. The Balaban J connectivity index is 1.77. The highest BCUT2D eigenvalue weighted by atomic mass is 19.3. The van der Waals surface area contributed by atoms with Crippen LogP contribution in [-0.2, 0) is 11.2 Å². The molecule has 1 atom stereocenters. The molecule has 1 fully saturated rings. The smallest absolute Gasteiger partial charge is 0.253 e. The number of likely N-dealkylation sites (tertiary alicyclic amines) is 1. The Morgan fingerprint density at radius 1 is 1.26 bits per heavy atom. The summed E-state index contributed by atoms with van der Waals surface area (Å²) < 4.78 is 26.5. The average molecular weight is 325 g/mol. The molecule has 1 aromatic rings. The quantitative estimate of drug-likeness (QED) is 0.766. The molecule has 1 amide bonds. The fraction of sp³-hybridized carbons (Fsp3) is 0.588. The molecule has 1 saturated heterocycles. The van der Waals surface area contributed by atoms with E-state index in [2.05, 4.69) is 5.32 Å². The van der Waals surface area contributed by atoms with Gasteiger partial charge in [-0.25, -0.2) is 8.78 Å². The summed E-state index contributed by atoms with van der Waals surface area (Å²) in [5.74, 6) is -0.343. The highest BCUT2D eigenvalue weighted by molar-refractivity contribution is 5.75. The summed E-state index contributed by atoms with van der Waals surface area (Å²) in [5.41, 5.74) is 6.26. The molecule has 4 nitrogen and oxygen atoms in total. The first kappa shape index (κ1) is 17.8. The number of carbonyl (C=O) groups is 1. The Hall–Kier alpha value is -1.53. The molecule has 0 aliphatic carbocycles. The molecule has 0 bridgehead atoms. The second-order valence-electron chi connectivity index (χ2n) is 6.15. The Morgan fingerprint density at radius 2 is 1.91 bits per heavy atom. The molecule has 0 saturated carbocycles. The van der Waals surface area contributed by atoms with Crippen LogP contribution in [0.5, 0.6) is 0 Å². The maximum absolute atomic E-state index is 13.3. The maximum atomic E-state index is 13.3. The number of hydrogen-bond acceptors (Lipinski definition) is 3. The van der Waals surface area contributed by atoms with Crippen molar-refractivity contribution >= 4 is 5.91 Å². The number of alkyl halides is 2. The van der Waals surface area contributed by atoms with E-state index in [-0.39, 0.29) is 18.5 Å². The van der Waals surface area contributed by atoms with Crippen LogP contribution in [0.15, 0.2) is 30.3 Å². The first-order valence-corrected chi connectivity index (χ1v) is 8.13. The molecule has 3 N–H and O–H groups in total. The normalized spacial score (nSPS) is 18.2. The second kappa shape index (κ2) is 8.93. The van der Waals surface area contributed by atoms with E-state index in [1.165, 1.54) is 0 Å². The Morgan fingerprint density at radius 3 is 2.48 bits per heavy atom. The van der Waals surface area contributed by atoms with Crippen LogP contribution in [0.25, 0.3) is 0 Å². The zero-order chi connectivity index (χ0) is 16.7. The molecule has 6 heteroatoms. The summed E-state index contributed by atoms with van der Waals surface area (Å²) in [5, 5.41) is 3.11. The van der Waals surface area contributed by atoms with Crippen LogP contribution in [0.4, 0.5) is 8.78 Å². The van der Waals surface area contributed by atoms with E-state index in [9.17, 15) is 13.6 Å². The van der Waals surface area contributed by atoms with E-state index in [1.807, 2.05) is 35.2 Å². The zero-order valence-corrected chi connectivity index (χ0v) is 13.3. The van der Waals surface area contributed by atoms with Crippen molar-refractivity contribution in [1.82, 2.24) is 10.2 Å². The summed E-state index contributed by atoms with van der Waals surface area (Å²) in [6.07, 6.45) is 0.221. The van der Waals surface area contributed by atoms with Crippen molar-refractivity contribution in [2.45, 2.75) is 44.2 Å². The van der Waals surface area contributed by atoms with Crippen molar-refractivity contribution in [1.29, 1.82) is 0 Å². The van der Waals surface area contributed by atoms with Gasteiger partial charge in [-0.2, -0.15) is 0 Å². The number of hydrogen-bond donors (Lipinski definition) is 2. The van der Waals surface area contributed by atoms with Crippen molar-refractivity contribution in [2.24, 2.45) is 5.73 Å². The van der Waals surface area contributed by atoms with Gasteiger partial charge in [0.25, 0.3) is 6.43 Å². The lowest BCUT2D eigenvalue weighted by Crippen LogP contribution is -2.49. The highest BCUT2D eigenvalue weighted by Gasteiger charge is 2.26. The van der Waals surface area contributed by atoms with Crippen molar-refractivity contribution in [3.8, 4) is 0 Å². The Bertz CT molecular complexity index is 476. The molecule has 1 aliphatic heterocycles. The number of rotatable bonds is 8. The summed E-state index contributed by atoms with van der Waals surface area (Å²) in [4.78, 5) is 12.9. The summed E-state index contributed by atoms with van der Waals surface area (Å²) in [6.45, 7) is 1.68. The van der Waals surface area contributed by atoms with E-state index >= 15 is 0 Å². The van der Waals surface area contributed by atoms with Gasteiger partial charge in [0.1, 0.15) is 0 Å². The van der Waals surface area contributed by atoms with Crippen molar-refractivity contribution in [3.63, 3.8) is 0 Å². The van der Waals surface area contributed by atoms with E-state index < -0.39 is 12.5 Å². The fourth-order valence-corrected chi connectivity index (χ4v) is 3.03. The average Bonchev–Trinajstić information content (AvgIpc) is 2.53. The first-order valence-electron chi connectivity index (χ1n) is 8.13. The van der Waals surface area contributed by atoms with Gasteiger partial charge < -0.3 is 11.1 Å². The number of piperidine rings is 1. The molecule has 1 heterocycles. The van der Waals surface area contributed by atoms with Gasteiger partial charge in [-0.3, -0.25) is 9.69 Å². The Kier molecular flexibility index (Phi) is 6.92. The van der Waals surface area contributed by atoms with Crippen LogP contribution < -0.4 is 11.1 Å². The lowest BCUT2D eigenvalue weighted by molar-refractivity contribution is -0.119. The van der Waals surface area contributed by atoms with Gasteiger partial charge in [-0.15, -0.1) is 0 Å². The number of primary amides is 1. The van der Waals surface area contributed by atoms with Gasteiger partial charge in [0.2, 0.25) is 5.91 Å². The number of nitrogens with two attached hydrogens (primary N) is 1. The minimum Gasteiger partial charge on any atom is -0.369 e. The van der Waals surface area contributed by atoms with Crippen LogP contribution in [0, 0.1) is 0 Å². The van der Waals surface area contributed by atoms with Crippen LogP contribution in [0.3, 0.4) is 0 Å². The monoisotopic (exact) mass is 325 g/mol. The molecule has 128 valence electrons. The Labute approximate surface area is 136 Å². The van der Waals surface area contributed by atoms with Crippen molar-refractivity contribution < 1.29 is 13.6 Å². The van der Waals surface area contributed by atoms with Crippen LogP contribution >= 0.6 is 0 Å². The summed E-state index contributed by atoms with van der Waals surface area (Å²) in [7, 11) is 0. The topological polar surface area (TPSA) is 58.4 Å². The zero-order valence-electron chi connectivity index (χ0n) is 13.3. The fourth-order valence-electron chi connectivity index (χ4n) is 3.03. The SMILES string of the molecule is NC(=O)CN1CCC(NC(CCc2ccccc2)C(F)F)CC1. The second-order valence-corrected chi connectivity index (χ2v) is 6.15. The molecule has 0 spiro atoms. The van der Waals surface area contributed by atoms with Crippen molar-refractivity contribution in [2.75, 3.05) is 19.6 Å². The van der Waals surface area contributed by atoms with Gasteiger partial charge in [0.05, 0.1) is 12.6 Å². The third-order valence-electron chi connectivity index (χ3n) is 4.31. The van der Waals surface area contributed by atoms with E-state index in [0.29, 0.717) is 12.8 Å². The van der Waals surface area contributed by atoms with E-state index in [4.69, 9.17) is 5.73 Å². The minimum atomic E-state index is -2.37. The molecule has 1 aliphatic rings. The first-order chi connectivity index (χ1) is 11.0. The van der Waals surface area contributed by atoms with Gasteiger partial charge in [-0.1, -0.05) is 30.3 Å². The molecule has 0 radical (unpaired) electrons. The van der Waals surface area contributed by atoms with Gasteiger partial charge in [-0.05, 0) is 31.2 Å². The summed E-state index contributed by atoms with van der Waals surface area (Å²) >= 11 is 0. The third kappa shape index (κ3) is 6.23. The molecule has 0 aromatic heterocycles. The van der Waals surface area contributed by atoms with Gasteiger partial charge >= 0.3 is 0 Å². The predicted octanol–water partition coefficient (Wildman–Crippen LogP) is 1.79. The highest BCUT2D eigenvalue weighted by Crippen LogP contribution is 2.16. The third-order valence-corrected chi connectivity index (χ3v) is 4.31. The van der Waals surface area contributed by atoms with Gasteiger partial charge in [0, 0.05) is 19.1 Å². The van der Waals surface area contributed by atoms with E-state index in [1.54, 1.807) is 0 Å². The molecule has 2 rings (SSSR count). The van der Waals surface area contributed by atoms with Gasteiger partial charge in [0.15, 0.2) is 0 Å². The van der Waals surface area contributed by atoms with Crippen molar-refractivity contribution in [3.05, 3.63) is 35.9 Å². The van der Waals surface area contributed by atoms with Crippen LogP contribution in [0.1, 0.15) is 24.8 Å². The molecule has 23 heavy (non-hydrogen) atoms. The van der Waals surface area contributed by atoms with E-state index in [0.717, 1.165) is 31.5 Å². The van der Waals surface area contributed by atoms with Crippen LogP contribution in [0.2, 0.25) is 0 Å². The largest absolute Gasteiger partial charge is 0.369 e. The molecular weight excluding hydrogens is 300 g/mol. The minimum absolute atomic E-state index is 0.0777. The number of aryl methyl sites for hydroxylation is 1. The lowest BCUT2D eigenvalue weighted by Gasteiger charge is -2.33. The number of nitrogens with one attached hydrogen (secondary N) is 1. The predicted molar refractivity (Wildman–Crippen MR) is 86.3 cm³/mol. The lowest BCUT2D eigenvalue weighted by atomic mass is 10.0. The molecule has 1 unspecified atom stereocenters. The molecular formula is C17H25F2N3O. The number of nitrogens with zero attached hydrogens (tertiary/aromatic N) is 1. The standard InChI is InChI=1S/C17H25F2N3O/c18-17(19)15(7-6-13-4-2-1-3-5-13)21-14-8-10-22(11-9-14)12-16(20)23/h1-5,14-15,17,21H,6-12H2,(H2,20,23). The summed E-state index contributed by atoms with van der Waals surface area (Å²) in [6, 6.07) is 8.99. The maximum Gasteiger partial charge on any atom is 0.253 e.